The lowest BCUT2D eigenvalue weighted by Gasteiger charge is -2.30. The van der Waals surface area contributed by atoms with Crippen LogP contribution in [0, 0.1) is 16.0 Å². The van der Waals surface area contributed by atoms with Crippen LogP contribution in [0.15, 0.2) is 30.6 Å². The highest BCUT2D eigenvalue weighted by Crippen LogP contribution is 2.34. The van der Waals surface area contributed by atoms with Crippen molar-refractivity contribution in [3.63, 3.8) is 0 Å². The molecule has 10 heteroatoms. The number of hydrogen-bond acceptors (Lipinski definition) is 8. The number of carboxylic acids is 1. The van der Waals surface area contributed by atoms with Gasteiger partial charge in [0, 0.05) is 19.6 Å². The number of anilines is 2. The minimum Gasteiger partial charge on any atom is -0.497 e. The largest absolute Gasteiger partial charge is 0.497 e. The minimum absolute atomic E-state index is 0.131. The smallest absolute Gasteiger partial charge is 0.353 e. The lowest BCUT2D eigenvalue weighted by molar-refractivity contribution is -0.383. The molecule has 2 heterocycles. The number of aliphatic carboxylic acids is 1. The number of hydrogen-bond donors (Lipinski definition) is 2. The maximum atomic E-state index is 11.7. The van der Waals surface area contributed by atoms with Gasteiger partial charge in [0.25, 0.3) is 0 Å². The molecule has 0 radical (unpaired) electrons. The van der Waals surface area contributed by atoms with Gasteiger partial charge in [-0.2, -0.15) is 0 Å². The van der Waals surface area contributed by atoms with E-state index >= 15 is 0 Å². The van der Waals surface area contributed by atoms with E-state index in [4.69, 9.17) is 9.84 Å². The van der Waals surface area contributed by atoms with E-state index in [0.717, 1.165) is 11.3 Å². The fourth-order valence-corrected chi connectivity index (χ4v) is 3.17. The summed E-state index contributed by atoms with van der Waals surface area (Å²) in [7, 11) is 1.58. The second kappa shape index (κ2) is 8.51. The van der Waals surface area contributed by atoms with Gasteiger partial charge < -0.3 is 20.1 Å². The summed E-state index contributed by atoms with van der Waals surface area (Å²) in [5.74, 6) is -0.195. The Bertz CT molecular complexity index is 850. The first-order chi connectivity index (χ1) is 13.5. The number of carbonyl (C=O) groups is 1. The Hall–Kier alpha value is -3.43. The summed E-state index contributed by atoms with van der Waals surface area (Å²) in [6.07, 6.45) is 2.12. The molecule has 0 unspecified atom stereocenters. The maximum Gasteiger partial charge on any atom is 0.353 e. The molecule has 10 nitrogen and oxygen atoms in total. The Balaban J connectivity index is 1.77. The highest BCUT2D eigenvalue weighted by atomic mass is 16.6. The summed E-state index contributed by atoms with van der Waals surface area (Å²) in [5, 5.41) is 23.8. The quantitative estimate of drug-likeness (QED) is 0.542. The van der Waals surface area contributed by atoms with Gasteiger partial charge in [-0.15, -0.1) is 0 Å². The van der Waals surface area contributed by atoms with Crippen molar-refractivity contribution in [2.45, 2.75) is 19.4 Å². The predicted octanol–water partition coefficient (Wildman–Crippen LogP) is 2.31. The van der Waals surface area contributed by atoms with Crippen LogP contribution in [-0.2, 0) is 11.3 Å². The summed E-state index contributed by atoms with van der Waals surface area (Å²) in [6, 6.07) is 7.33. The number of ether oxygens (including phenoxy) is 1. The van der Waals surface area contributed by atoms with E-state index in [1.807, 2.05) is 24.3 Å². The van der Waals surface area contributed by atoms with Gasteiger partial charge in [0.2, 0.25) is 11.6 Å². The van der Waals surface area contributed by atoms with Gasteiger partial charge in [-0.25, -0.2) is 9.97 Å². The summed E-state index contributed by atoms with van der Waals surface area (Å²) in [6.45, 7) is 1.14. The number of nitro groups is 1. The molecule has 2 N–H and O–H groups in total. The van der Waals surface area contributed by atoms with Gasteiger partial charge >= 0.3 is 11.7 Å². The average molecular weight is 387 g/mol. The van der Waals surface area contributed by atoms with Crippen molar-refractivity contribution in [1.82, 2.24) is 9.97 Å². The number of rotatable bonds is 7. The van der Waals surface area contributed by atoms with E-state index in [1.54, 1.807) is 12.0 Å². The Labute approximate surface area is 161 Å². The van der Waals surface area contributed by atoms with Crippen LogP contribution < -0.4 is 15.0 Å². The molecule has 0 bridgehead atoms. The van der Waals surface area contributed by atoms with E-state index in [2.05, 4.69) is 15.3 Å². The van der Waals surface area contributed by atoms with Gasteiger partial charge in [-0.05, 0) is 30.5 Å². The molecule has 1 fully saturated rings. The molecule has 148 valence electrons. The van der Waals surface area contributed by atoms with Gasteiger partial charge in [0.15, 0.2) is 0 Å². The van der Waals surface area contributed by atoms with Gasteiger partial charge in [-0.3, -0.25) is 14.9 Å². The number of methoxy groups -OCH3 is 1. The van der Waals surface area contributed by atoms with Gasteiger partial charge in [0.05, 0.1) is 18.0 Å². The summed E-state index contributed by atoms with van der Waals surface area (Å²) in [5.41, 5.74) is 0.710. The molecular formula is C18H21N5O5. The Morgan fingerprint density at radius 3 is 2.57 bits per heavy atom. The van der Waals surface area contributed by atoms with E-state index in [1.165, 1.54) is 6.33 Å². The molecule has 1 aliphatic heterocycles. The van der Waals surface area contributed by atoms with E-state index in [0.29, 0.717) is 32.5 Å². The molecule has 0 amide bonds. The highest BCUT2D eigenvalue weighted by Gasteiger charge is 2.31. The molecule has 1 saturated heterocycles. The molecule has 1 aliphatic rings. The molecule has 0 spiro atoms. The number of carboxylic acid groups (broad SMARTS) is 1. The third kappa shape index (κ3) is 4.27. The van der Waals surface area contributed by atoms with Crippen LogP contribution in [-0.4, -0.2) is 46.2 Å². The molecule has 28 heavy (non-hydrogen) atoms. The van der Waals surface area contributed by atoms with Gasteiger partial charge in [0.1, 0.15) is 12.1 Å². The molecule has 1 aromatic heterocycles. The summed E-state index contributed by atoms with van der Waals surface area (Å²) in [4.78, 5) is 32.2. The fourth-order valence-electron chi connectivity index (χ4n) is 3.17. The van der Waals surface area contributed by atoms with Crippen molar-refractivity contribution in [3.8, 4) is 5.75 Å². The average Bonchev–Trinajstić information content (AvgIpc) is 2.72. The SMILES string of the molecule is COc1ccc(CNc2ncnc(N3CCC(C(=O)O)CC3)c2[N+](=O)[O-])cc1. The Kier molecular flexibility index (Phi) is 5.87. The van der Waals surface area contributed by atoms with Crippen LogP contribution in [0.1, 0.15) is 18.4 Å². The van der Waals surface area contributed by atoms with Crippen LogP contribution in [0.4, 0.5) is 17.3 Å². The third-order valence-electron chi connectivity index (χ3n) is 4.75. The van der Waals surface area contributed by atoms with Crippen molar-refractivity contribution in [2.75, 3.05) is 30.4 Å². The lowest BCUT2D eigenvalue weighted by atomic mass is 9.97. The number of nitrogens with zero attached hydrogens (tertiary/aromatic N) is 4. The second-order valence-electron chi connectivity index (χ2n) is 6.45. The van der Waals surface area contributed by atoms with Crippen molar-refractivity contribution >= 4 is 23.3 Å². The first-order valence-corrected chi connectivity index (χ1v) is 8.83. The molecule has 0 atom stereocenters. The Morgan fingerprint density at radius 2 is 2.00 bits per heavy atom. The zero-order valence-corrected chi connectivity index (χ0v) is 15.4. The molecule has 1 aromatic carbocycles. The molecular weight excluding hydrogens is 366 g/mol. The first-order valence-electron chi connectivity index (χ1n) is 8.83. The van der Waals surface area contributed by atoms with Crippen LogP contribution in [0.5, 0.6) is 5.75 Å². The van der Waals surface area contributed by atoms with E-state index < -0.39 is 16.8 Å². The standard InChI is InChI=1S/C18H21N5O5/c1-28-14-4-2-12(3-5-14)10-19-16-15(23(26)27)17(21-11-20-16)22-8-6-13(7-9-22)18(24)25/h2-5,11,13H,6-10H2,1H3,(H,24,25)(H,19,20,21). The Morgan fingerprint density at radius 1 is 1.32 bits per heavy atom. The second-order valence-corrected chi connectivity index (χ2v) is 6.45. The number of aromatic nitrogens is 2. The predicted molar refractivity (Wildman–Crippen MR) is 102 cm³/mol. The van der Waals surface area contributed by atoms with Crippen LogP contribution in [0.2, 0.25) is 0 Å². The monoisotopic (exact) mass is 387 g/mol. The lowest BCUT2D eigenvalue weighted by Crippen LogP contribution is -2.37. The first kappa shape index (κ1) is 19.3. The molecule has 0 saturated carbocycles. The van der Waals surface area contributed by atoms with Crippen molar-refractivity contribution < 1.29 is 19.6 Å². The van der Waals surface area contributed by atoms with Crippen LogP contribution in [0.25, 0.3) is 0 Å². The van der Waals surface area contributed by atoms with E-state index in [9.17, 15) is 14.9 Å². The third-order valence-corrected chi connectivity index (χ3v) is 4.75. The van der Waals surface area contributed by atoms with Crippen LogP contribution in [0.3, 0.4) is 0 Å². The maximum absolute atomic E-state index is 11.7. The normalized spacial score (nSPS) is 14.5. The fraction of sp³-hybridized carbons (Fsp3) is 0.389. The van der Waals surface area contributed by atoms with Gasteiger partial charge in [-0.1, -0.05) is 12.1 Å². The zero-order chi connectivity index (χ0) is 20.1. The summed E-state index contributed by atoms with van der Waals surface area (Å²) >= 11 is 0. The highest BCUT2D eigenvalue weighted by molar-refractivity contribution is 5.72. The van der Waals surface area contributed by atoms with E-state index in [-0.39, 0.29) is 17.3 Å². The molecule has 0 aliphatic carbocycles. The van der Waals surface area contributed by atoms with Crippen molar-refractivity contribution in [2.24, 2.45) is 5.92 Å². The van der Waals surface area contributed by atoms with Crippen molar-refractivity contribution in [1.29, 1.82) is 0 Å². The molecule has 2 aromatic rings. The van der Waals surface area contributed by atoms with Crippen molar-refractivity contribution in [3.05, 3.63) is 46.3 Å². The zero-order valence-electron chi connectivity index (χ0n) is 15.4. The number of benzene rings is 1. The topological polar surface area (TPSA) is 131 Å². The minimum atomic E-state index is -0.835. The number of nitrogens with one attached hydrogen (secondary N) is 1. The molecule has 3 rings (SSSR count). The number of piperidine rings is 1. The summed E-state index contributed by atoms with van der Waals surface area (Å²) < 4.78 is 5.12. The van der Waals surface area contributed by atoms with Crippen LogP contribution >= 0.6 is 0 Å².